The maximum atomic E-state index is 15.3. The molecule has 10 heteroatoms. The number of nitrogens with zero attached hydrogens (tertiary/aromatic N) is 2. The Bertz CT molecular complexity index is 1280. The van der Waals surface area contributed by atoms with Crippen molar-refractivity contribution < 1.29 is 18.7 Å². The van der Waals surface area contributed by atoms with E-state index < -0.39 is 11.9 Å². The number of rotatable bonds is 4. The molecule has 2 aromatic heterocycles. The predicted molar refractivity (Wildman–Crippen MR) is 133 cm³/mol. The number of pyridine rings is 2. The highest BCUT2D eigenvalue weighted by Gasteiger charge is 2.27. The molecule has 1 fully saturated rings. The van der Waals surface area contributed by atoms with Gasteiger partial charge in [-0.1, -0.05) is 6.42 Å². The molecule has 1 amide bonds. The number of ether oxygens (including phenoxy) is 2. The quantitative estimate of drug-likeness (QED) is 0.410. The second kappa shape index (κ2) is 9.53. The number of nitrogen functional groups attached to an aromatic ring is 1. The Balaban J connectivity index is 1.44. The number of likely N-dealkylation sites (N-methyl/N-ethyl adjacent to an activating group) is 1. The SMILES string of the molecule is CNC1CCCCC1OC(=O)Nc1cc2cc(-c3cnc4c(c3C)NCCO4)c(F)c(N)c2cn1. The third-order valence-electron chi connectivity index (χ3n) is 6.80. The Morgan fingerprint density at radius 3 is 2.89 bits per heavy atom. The van der Waals surface area contributed by atoms with Crippen LogP contribution in [0.25, 0.3) is 21.9 Å². The van der Waals surface area contributed by atoms with Crippen molar-refractivity contribution in [2.75, 3.05) is 36.6 Å². The lowest BCUT2D eigenvalue weighted by atomic mass is 9.92. The zero-order valence-electron chi connectivity index (χ0n) is 19.8. The molecule has 5 N–H and O–H groups in total. The number of anilines is 3. The molecule has 1 aliphatic carbocycles. The van der Waals surface area contributed by atoms with Crippen molar-refractivity contribution in [2.45, 2.75) is 44.8 Å². The Morgan fingerprint density at radius 2 is 2.06 bits per heavy atom. The minimum atomic E-state index is -0.569. The summed E-state index contributed by atoms with van der Waals surface area (Å²) in [7, 11) is 1.87. The Morgan fingerprint density at radius 1 is 1.23 bits per heavy atom. The van der Waals surface area contributed by atoms with E-state index in [0.29, 0.717) is 46.7 Å². The van der Waals surface area contributed by atoms with Crippen LogP contribution in [0.2, 0.25) is 0 Å². The van der Waals surface area contributed by atoms with Gasteiger partial charge in [-0.15, -0.1) is 0 Å². The van der Waals surface area contributed by atoms with Crippen molar-refractivity contribution >= 4 is 34.1 Å². The number of hydrogen-bond acceptors (Lipinski definition) is 8. The van der Waals surface area contributed by atoms with E-state index in [1.807, 2.05) is 14.0 Å². The van der Waals surface area contributed by atoms with Crippen LogP contribution < -0.4 is 26.4 Å². The summed E-state index contributed by atoms with van der Waals surface area (Å²) >= 11 is 0. The van der Waals surface area contributed by atoms with Gasteiger partial charge >= 0.3 is 6.09 Å². The van der Waals surface area contributed by atoms with Gasteiger partial charge in [0.25, 0.3) is 0 Å². The summed E-state index contributed by atoms with van der Waals surface area (Å²) in [6.07, 6.45) is 6.20. The standard InChI is InChI=1S/C25H29FN6O3/c1-13-16(11-31-24-23(13)29-7-8-34-24)15-9-14-10-20(30-12-17(14)22(27)21(15)26)32-25(33)35-19-6-4-3-5-18(19)28-2/h9-12,18-19,28-29H,3-8,27H2,1-2H3,(H,30,32,33). The number of amides is 1. The van der Waals surface area contributed by atoms with E-state index in [1.54, 1.807) is 18.3 Å². The van der Waals surface area contributed by atoms with E-state index in [2.05, 4.69) is 25.9 Å². The minimum absolute atomic E-state index is 0.0143. The Hall–Kier alpha value is -3.66. The van der Waals surface area contributed by atoms with Gasteiger partial charge in [-0.3, -0.25) is 5.32 Å². The van der Waals surface area contributed by atoms with Gasteiger partial charge in [0.15, 0.2) is 5.82 Å². The second-order valence-corrected chi connectivity index (χ2v) is 8.94. The smallest absolute Gasteiger partial charge is 0.413 e. The molecule has 2 unspecified atom stereocenters. The van der Waals surface area contributed by atoms with Crippen LogP contribution in [0.4, 0.5) is 26.4 Å². The fraction of sp³-hybridized carbons (Fsp3) is 0.400. The van der Waals surface area contributed by atoms with Crippen LogP contribution in [0.1, 0.15) is 31.2 Å². The molecular weight excluding hydrogens is 451 g/mol. The number of halogens is 1. The molecule has 3 heterocycles. The van der Waals surface area contributed by atoms with Crippen molar-refractivity contribution in [3.63, 3.8) is 0 Å². The Labute approximate surface area is 202 Å². The van der Waals surface area contributed by atoms with Gasteiger partial charge < -0.3 is 25.8 Å². The van der Waals surface area contributed by atoms with Crippen molar-refractivity contribution in [3.05, 3.63) is 35.9 Å². The third-order valence-corrected chi connectivity index (χ3v) is 6.80. The number of hydrogen-bond donors (Lipinski definition) is 4. The molecule has 5 rings (SSSR count). The van der Waals surface area contributed by atoms with E-state index in [9.17, 15) is 4.79 Å². The predicted octanol–water partition coefficient (Wildman–Crippen LogP) is 4.21. The van der Waals surface area contributed by atoms with Crippen LogP contribution in [0, 0.1) is 12.7 Å². The number of fused-ring (bicyclic) bond motifs is 2. The normalized spacial score (nSPS) is 19.4. The summed E-state index contributed by atoms with van der Waals surface area (Å²) in [4.78, 5) is 21.2. The summed E-state index contributed by atoms with van der Waals surface area (Å²) < 4.78 is 26.6. The summed E-state index contributed by atoms with van der Waals surface area (Å²) in [5.74, 6) is 0.252. The Kier molecular flexibility index (Phi) is 6.29. The highest BCUT2D eigenvalue weighted by molar-refractivity contribution is 5.99. The monoisotopic (exact) mass is 480 g/mol. The van der Waals surface area contributed by atoms with Gasteiger partial charge in [-0.25, -0.2) is 19.2 Å². The maximum Gasteiger partial charge on any atom is 0.413 e. The molecule has 2 aliphatic rings. The molecule has 2 atom stereocenters. The molecule has 184 valence electrons. The molecule has 0 saturated heterocycles. The lowest BCUT2D eigenvalue weighted by Crippen LogP contribution is -2.43. The first-order chi connectivity index (χ1) is 17.0. The summed E-state index contributed by atoms with van der Waals surface area (Å²) in [5.41, 5.74) is 8.62. The van der Waals surface area contributed by atoms with Crippen molar-refractivity contribution in [1.29, 1.82) is 0 Å². The van der Waals surface area contributed by atoms with E-state index in [0.717, 1.165) is 36.9 Å². The molecule has 0 radical (unpaired) electrons. The topological polar surface area (TPSA) is 123 Å². The van der Waals surface area contributed by atoms with Gasteiger partial charge in [0.05, 0.1) is 5.69 Å². The number of benzene rings is 1. The molecule has 1 aliphatic heterocycles. The number of carbonyl (C=O) groups is 1. The molecule has 0 bridgehead atoms. The fourth-order valence-electron chi connectivity index (χ4n) is 4.89. The van der Waals surface area contributed by atoms with Crippen LogP contribution in [0.3, 0.4) is 0 Å². The average Bonchev–Trinajstić information content (AvgIpc) is 2.87. The largest absolute Gasteiger partial charge is 0.474 e. The third kappa shape index (κ3) is 4.41. The van der Waals surface area contributed by atoms with Gasteiger partial charge in [-0.2, -0.15) is 0 Å². The molecule has 1 saturated carbocycles. The van der Waals surface area contributed by atoms with Crippen LogP contribution in [-0.4, -0.2) is 48.4 Å². The highest BCUT2D eigenvalue weighted by atomic mass is 19.1. The maximum absolute atomic E-state index is 15.3. The lowest BCUT2D eigenvalue weighted by Gasteiger charge is -2.30. The summed E-state index contributed by atoms with van der Waals surface area (Å²) in [6, 6.07) is 3.49. The van der Waals surface area contributed by atoms with E-state index >= 15 is 4.39 Å². The lowest BCUT2D eigenvalue weighted by molar-refractivity contribution is 0.0640. The number of carbonyl (C=O) groups excluding carboxylic acids is 1. The molecule has 9 nitrogen and oxygen atoms in total. The van der Waals surface area contributed by atoms with Crippen molar-refractivity contribution in [3.8, 4) is 17.0 Å². The highest BCUT2D eigenvalue weighted by Crippen LogP contribution is 2.39. The summed E-state index contributed by atoms with van der Waals surface area (Å²) in [6.45, 7) is 3.06. The number of nitrogens with two attached hydrogens (primary N) is 1. The van der Waals surface area contributed by atoms with Crippen LogP contribution in [-0.2, 0) is 4.74 Å². The zero-order chi connectivity index (χ0) is 24.5. The first-order valence-corrected chi connectivity index (χ1v) is 11.9. The van der Waals surface area contributed by atoms with E-state index in [4.69, 9.17) is 15.2 Å². The number of nitrogens with one attached hydrogen (secondary N) is 3. The van der Waals surface area contributed by atoms with Gasteiger partial charge in [0.1, 0.15) is 24.2 Å². The van der Waals surface area contributed by atoms with Gasteiger partial charge in [-0.05, 0) is 56.3 Å². The fourth-order valence-corrected chi connectivity index (χ4v) is 4.89. The van der Waals surface area contributed by atoms with Gasteiger partial charge in [0, 0.05) is 41.5 Å². The molecular formula is C25H29FN6O3. The van der Waals surface area contributed by atoms with Crippen LogP contribution >= 0.6 is 0 Å². The summed E-state index contributed by atoms with van der Waals surface area (Å²) in [5, 5.41) is 10.3. The molecule has 3 aromatic rings. The van der Waals surface area contributed by atoms with Crippen molar-refractivity contribution in [2.24, 2.45) is 0 Å². The van der Waals surface area contributed by atoms with Gasteiger partial charge in [0.2, 0.25) is 5.88 Å². The van der Waals surface area contributed by atoms with E-state index in [1.165, 1.54) is 6.20 Å². The second-order valence-electron chi connectivity index (χ2n) is 8.94. The van der Waals surface area contributed by atoms with Crippen LogP contribution in [0.15, 0.2) is 24.5 Å². The molecule has 0 spiro atoms. The molecule has 1 aromatic carbocycles. The number of aromatic nitrogens is 2. The zero-order valence-corrected chi connectivity index (χ0v) is 19.8. The first-order valence-electron chi connectivity index (χ1n) is 11.9. The average molecular weight is 481 g/mol. The van der Waals surface area contributed by atoms with Crippen LogP contribution in [0.5, 0.6) is 5.88 Å². The van der Waals surface area contributed by atoms with E-state index in [-0.39, 0.29) is 17.8 Å². The first kappa shape index (κ1) is 23.1. The minimum Gasteiger partial charge on any atom is -0.474 e. The molecule has 35 heavy (non-hydrogen) atoms. The van der Waals surface area contributed by atoms with Crippen molar-refractivity contribution in [1.82, 2.24) is 15.3 Å².